The van der Waals surface area contributed by atoms with Crippen molar-refractivity contribution in [2.75, 3.05) is 44.6 Å². The van der Waals surface area contributed by atoms with Gasteiger partial charge in [0.2, 0.25) is 5.91 Å². The van der Waals surface area contributed by atoms with Gasteiger partial charge in [-0.25, -0.2) is 4.98 Å². The molecule has 0 unspecified atom stereocenters. The van der Waals surface area contributed by atoms with E-state index in [9.17, 15) is 22.8 Å². The first-order valence-electron chi connectivity index (χ1n) is 12.0. The molecule has 3 aromatic rings. The monoisotopic (exact) mass is 603 g/mol. The molecule has 1 fully saturated rings. The van der Waals surface area contributed by atoms with E-state index < -0.39 is 17.8 Å². The molecule has 1 aliphatic heterocycles. The number of hydrogen-bond acceptors (Lipinski definition) is 5. The first-order chi connectivity index (χ1) is 18.6. The van der Waals surface area contributed by atoms with Crippen molar-refractivity contribution in [2.45, 2.75) is 13.1 Å². The molecule has 8 nitrogen and oxygen atoms in total. The average Bonchev–Trinajstić information content (AvgIpc) is 3.40. The van der Waals surface area contributed by atoms with Crippen LogP contribution < -0.4 is 10.1 Å². The zero-order valence-corrected chi connectivity index (χ0v) is 22.5. The molecule has 0 atom stereocenters. The summed E-state index contributed by atoms with van der Waals surface area (Å²) in [4.78, 5) is 34.2. The third kappa shape index (κ3) is 7.84. The quantitative estimate of drug-likeness (QED) is 0.408. The fourth-order valence-corrected chi connectivity index (χ4v) is 4.33. The molecule has 12 heteroatoms. The van der Waals surface area contributed by atoms with Crippen LogP contribution in [0.3, 0.4) is 0 Å². The molecule has 0 bridgehead atoms. The van der Waals surface area contributed by atoms with Gasteiger partial charge in [-0.1, -0.05) is 27.9 Å². The van der Waals surface area contributed by atoms with E-state index in [-0.39, 0.29) is 17.4 Å². The van der Waals surface area contributed by atoms with Crippen molar-refractivity contribution in [3.63, 3.8) is 0 Å². The van der Waals surface area contributed by atoms with Crippen LogP contribution in [-0.2, 0) is 15.8 Å². The molecule has 204 valence electrons. The summed E-state index contributed by atoms with van der Waals surface area (Å²) in [5.74, 6) is 5.05. The Balaban J connectivity index is 1.49. The second kappa shape index (κ2) is 12.4. The number of amides is 2. The number of imidazole rings is 1. The van der Waals surface area contributed by atoms with Crippen molar-refractivity contribution in [2.24, 2.45) is 0 Å². The summed E-state index contributed by atoms with van der Waals surface area (Å²) in [5.41, 5.74) is 0.221. The van der Waals surface area contributed by atoms with Crippen LogP contribution in [-0.4, -0.2) is 70.9 Å². The maximum absolute atomic E-state index is 13.0. The van der Waals surface area contributed by atoms with E-state index in [1.807, 2.05) is 6.07 Å². The van der Waals surface area contributed by atoms with Gasteiger partial charge in [0, 0.05) is 61.2 Å². The predicted octanol–water partition coefficient (Wildman–Crippen LogP) is 4.39. The summed E-state index contributed by atoms with van der Waals surface area (Å²) in [7, 11) is 0. The van der Waals surface area contributed by atoms with Gasteiger partial charge in [-0.3, -0.25) is 14.5 Å². The molecule has 1 aromatic heterocycles. The van der Waals surface area contributed by atoms with Crippen LogP contribution in [0.15, 0.2) is 53.1 Å². The summed E-state index contributed by atoms with van der Waals surface area (Å²) in [6.07, 6.45) is -3.85. The van der Waals surface area contributed by atoms with E-state index >= 15 is 0 Å². The molecule has 2 heterocycles. The Morgan fingerprint density at radius 2 is 1.92 bits per heavy atom. The van der Waals surface area contributed by atoms with Crippen molar-refractivity contribution in [3.05, 3.63) is 64.4 Å². The number of alkyl halides is 3. The Hall–Kier alpha value is -3.82. The van der Waals surface area contributed by atoms with Crippen molar-refractivity contribution >= 4 is 33.4 Å². The molecule has 2 N–H and O–H groups in total. The summed E-state index contributed by atoms with van der Waals surface area (Å²) < 4.78 is 45.9. The summed E-state index contributed by atoms with van der Waals surface area (Å²) >= 11 is 3.35. The van der Waals surface area contributed by atoms with E-state index in [1.54, 1.807) is 42.2 Å². The highest BCUT2D eigenvalue weighted by Crippen LogP contribution is 2.33. The molecule has 0 saturated carbocycles. The highest BCUT2D eigenvalue weighted by Gasteiger charge is 2.33. The molecule has 1 aliphatic rings. The second-order valence-corrected chi connectivity index (χ2v) is 9.68. The number of benzene rings is 2. The number of H-pyrrole nitrogens is 1. The fourth-order valence-electron chi connectivity index (χ4n) is 3.93. The van der Waals surface area contributed by atoms with Gasteiger partial charge in [-0.05, 0) is 36.4 Å². The van der Waals surface area contributed by atoms with Gasteiger partial charge in [0.1, 0.15) is 23.9 Å². The smallest absolute Gasteiger partial charge is 0.432 e. The third-order valence-electron chi connectivity index (χ3n) is 6.01. The summed E-state index contributed by atoms with van der Waals surface area (Å²) in [5, 5.41) is 2.68. The third-order valence-corrected chi connectivity index (χ3v) is 6.50. The number of ether oxygens (including phenoxy) is 1. The van der Waals surface area contributed by atoms with Gasteiger partial charge in [-0.15, -0.1) is 0 Å². The van der Waals surface area contributed by atoms with Gasteiger partial charge in [-0.2, -0.15) is 13.2 Å². The predicted molar refractivity (Wildman–Crippen MR) is 143 cm³/mol. The van der Waals surface area contributed by atoms with E-state index in [1.165, 1.54) is 6.07 Å². The Morgan fingerprint density at radius 1 is 1.15 bits per heavy atom. The number of carbonyl (C=O) groups is 2. The SMILES string of the molecule is CC(=O)N1CCN(CCOc2ccc(-c3ncc(C(F)(F)F)[nH]3)cc2NC(=O)C#Cc2cccc(Br)c2)CC1. The summed E-state index contributed by atoms with van der Waals surface area (Å²) in [6.45, 7) is 5.17. The number of anilines is 1. The van der Waals surface area contributed by atoms with E-state index in [0.29, 0.717) is 49.3 Å². The minimum absolute atomic E-state index is 0.00654. The number of aromatic amines is 1. The molecule has 39 heavy (non-hydrogen) atoms. The average molecular weight is 604 g/mol. The minimum atomic E-state index is -4.57. The Labute approximate surface area is 231 Å². The van der Waals surface area contributed by atoms with E-state index in [4.69, 9.17) is 4.74 Å². The molecule has 0 radical (unpaired) electrons. The number of nitrogens with one attached hydrogen (secondary N) is 2. The van der Waals surface area contributed by atoms with Crippen molar-refractivity contribution in [3.8, 4) is 29.0 Å². The lowest BCUT2D eigenvalue weighted by atomic mass is 10.1. The first-order valence-corrected chi connectivity index (χ1v) is 12.8. The maximum atomic E-state index is 13.0. The van der Waals surface area contributed by atoms with Crippen LogP contribution in [0.5, 0.6) is 5.75 Å². The lowest BCUT2D eigenvalue weighted by Gasteiger charge is -2.34. The zero-order chi connectivity index (χ0) is 28.0. The van der Waals surface area contributed by atoms with Crippen molar-refractivity contribution in [1.29, 1.82) is 0 Å². The fraction of sp³-hybridized carbons (Fsp3) is 0.296. The van der Waals surface area contributed by atoms with Gasteiger partial charge < -0.3 is 19.9 Å². The Kier molecular flexibility index (Phi) is 8.93. The van der Waals surface area contributed by atoms with Crippen molar-refractivity contribution < 1.29 is 27.5 Å². The highest BCUT2D eigenvalue weighted by atomic mass is 79.9. The highest BCUT2D eigenvalue weighted by molar-refractivity contribution is 9.10. The molecule has 2 aromatic carbocycles. The lowest BCUT2D eigenvalue weighted by Crippen LogP contribution is -2.48. The minimum Gasteiger partial charge on any atom is -0.490 e. The number of hydrogen-bond donors (Lipinski definition) is 2. The molecule has 0 aliphatic carbocycles. The number of carbonyl (C=O) groups excluding carboxylic acids is 2. The van der Waals surface area contributed by atoms with E-state index in [2.05, 4.69) is 48.0 Å². The molecule has 1 saturated heterocycles. The zero-order valence-electron chi connectivity index (χ0n) is 20.9. The van der Waals surface area contributed by atoms with Gasteiger partial charge >= 0.3 is 12.1 Å². The van der Waals surface area contributed by atoms with Gasteiger partial charge in [0.15, 0.2) is 0 Å². The van der Waals surface area contributed by atoms with Crippen LogP contribution in [0.2, 0.25) is 0 Å². The lowest BCUT2D eigenvalue weighted by molar-refractivity contribution is -0.140. The maximum Gasteiger partial charge on any atom is 0.432 e. The standard InChI is InChI=1S/C27H25BrF3N5O3/c1-18(37)36-11-9-35(10-12-36)13-14-39-23-7-6-20(26-32-17-24(34-26)27(29,30)31)16-22(23)33-25(38)8-5-19-3-2-4-21(28)15-19/h2-4,6-7,15-17H,9-14H2,1H3,(H,32,34)(H,33,38). The molecular formula is C27H25BrF3N5O3. The van der Waals surface area contributed by atoms with Gasteiger partial charge in [0.05, 0.1) is 11.9 Å². The number of piperazine rings is 1. The number of nitrogens with zero attached hydrogens (tertiary/aromatic N) is 3. The number of rotatable bonds is 6. The first kappa shape index (κ1) is 28.2. The normalized spacial score (nSPS) is 13.9. The summed E-state index contributed by atoms with van der Waals surface area (Å²) in [6, 6.07) is 11.8. The van der Waals surface area contributed by atoms with Crippen LogP contribution in [0.4, 0.5) is 18.9 Å². The molecular weight excluding hydrogens is 579 g/mol. The molecule has 2 amide bonds. The van der Waals surface area contributed by atoms with Crippen LogP contribution in [0, 0.1) is 11.8 Å². The topological polar surface area (TPSA) is 90.6 Å². The van der Waals surface area contributed by atoms with Gasteiger partial charge in [0.25, 0.3) is 0 Å². The number of aromatic nitrogens is 2. The van der Waals surface area contributed by atoms with Crippen molar-refractivity contribution in [1.82, 2.24) is 19.8 Å². The van der Waals surface area contributed by atoms with Crippen LogP contribution in [0.25, 0.3) is 11.4 Å². The largest absolute Gasteiger partial charge is 0.490 e. The molecule has 0 spiro atoms. The van der Waals surface area contributed by atoms with Crippen LogP contribution >= 0.6 is 15.9 Å². The number of halogens is 4. The van der Waals surface area contributed by atoms with Crippen LogP contribution in [0.1, 0.15) is 18.2 Å². The van der Waals surface area contributed by atoms with E-state index in [0.717, 1.165) is 17.6 Å². The Bertz CT molecular complexity index is 1410. The Morgan fingerprint density at radius 3 is 2.59 bits per heavy atom. The molecule has 4 rings (SSSR count). The second-order valence-electron chi connectivity index (χ2n) is 8.76.